The van der Waals surface area contributed by atoms with Gasteiger partial charge in [-0.1, -0.05) is 29.8 Å². The van der Waals surface area contributed by atoms with Crippen LogP contribution in [0.1, 0.15) is 48.5 Å². The molecular weight excluding hydrogens is 388 g/mol. The number of nitrogens with one attached hydrogen (secondary N) is 1. The zero-order chi connectivity index (χ0) is 19.0. The highest BCUT2D eigenvalue weighted by Crippen LogP contribution is 2.38. The number of imide groups is 1. The first-order valence-electron chi connectivity index (χ1n) is 8.99. The van der Waals surface area contributed by atoms with Crippen LogP contribution >= 0.6 is 23.4 Å². The zero-order valence-electron chi connectivity index (χ0n) is 14.6. The summed E-state index contributed by atoms with van der Waals surface area (Å²) >= 11 is 7.16. The van der Waals surface area contributed by atoms with Gasteiger partial charge in [-0.25, -0.2) is 9.89 Å². The Kier molecular flexibility index (Phi) is 5.10. The number of benzene rings is 1. The van der Waals surface area contributed by atoms with Crippen LogP contribution in [0.2, 0.25) is 5.02 Å². The van der Waals surface area contributed by atoms with E-state index >= 15 is 0 Å². The van der Waals surface area contributed by atoms with E-state index in [4.69, 9.17) is 11.6 Å². The fourth-order valence-corrected chi connectivity index (χ4v) is 4.56. The van der Waals surface area contributed by atoms with E-state index in [0.717, 1.165) is 25.7 Å². The number of amides is 2. The van der Waals surface area contributed by atoms with E-state index in [1.54, 1.807) is 28.8 Å². The van der Waals surface area contributed by atoms with Crippen molar-refractivity contribution in [1.29, 1.82) is 0 Å². The lowest BCUT2D eigenvalue weighted by Crippen LogP contribution is -2.41. The van der Waals surface area contributed by atoms with Crippen LogP contribution < -0.4 is 5.69 Å². The van der Waals surface area contributed by atoms with Crippen LogP contribution in [0.15, 0.2) is 34.2 Å². The summed E-state index contributed by atoms with van der Waals surface area (Å²) in [5.41, 5.74) is 0.197. The monoisotopic (exact) mass is 406 g/mol. The molecule has 1 aromatic carbocycles. The van der Waals surface area contributed by atoms with Crippen molar-refractivity contribution in [3.05, 3.63) is 45.3 Å². The van der Waals surface area contributed by atoms with E-state index in [0.29, 0.717) is 28.7 Å². The summed E-state index contributed by atoms with van der Waals surface area (Å²) in [6, 6.07) is 6.71. The van der Waals surface area contributed by atoms with Gasteiger partial charge in [0.15, 0.2) is 5.16 Å². The van der Waals surface area contributed by atoms with Crippen molar-refractivity contribution in [2.24, 2.45) is 0 Å². The topological polar surface area (TPSA) is 88.1 Å². The Morgan fingerprint density at radius 3 is 2.59 bits per heavy atom. The normalized spacial score (nSPS) is 20.6. The molecule has 2 aliphatic rings. The van der Waals surface area contributed by atoms with Gasteiger partial charge in [-0.2, -0.15) is 0 Å². The van der Waals surface area contributed by atoms with Gasteiger partial charge in [0, 0.05) is 23.2 Å². The molecule has 142 valence electrons. The molecule has 0 bridgehead atoms. The summed E-state index contributed by atoms with van der Waals surface area (Å²) in [5.74, 6) is -0.541. The van der Waals surface area contributed by atoms with Crippen LogP contribution in [0.3, 0.4) is 0 Å². The smallest absolute Gasteiger partial charge is 0.278 e. The number of H-pyrrole nitrogens is 1. The quantitative estimate of drug-likeness (QED) is 0.789. The predicted molar refractivity (Wildman–Crippen MR) is 102 cm³/mol. The molecule has 1 aliphatic heterocycles. The van der Waals surface area contributed by atoms with Crippen LogP contribution in [0, 0.1) is 0 Å². The Morgan fingerprint density at radius 2 is 1.89 bits per heavy atom. The van der Waals surface area contributed by atoms with Crippen molar-refractivity contribution < 1.29 is 9.59 Å². The zero-order valence-corrected chi connectivity index (χ0v) is 16.1. The molecule has 0 spiro atoms. The molecule has 27 heavy (non-hydrogen) atoms. The summed E-state index contributed by atoms with van der Waals surface area (Å²) in [6.07, 6.45) is 4.16. The highest BCUT2D eigenvalue weighted by Gasteiger charge is 2.35. The van der Waals surface area contributed by atoms with E-state index in [1.165, 1.54) is 16.7 Å². The summed E-state index contributed by atoms with van der Waals surface area (Å²) in [7, 11) is 0. The van der Waals surface area contributed by atoms with E-state index in [-0.39, 0.29) is 23.5 Å². The number of nitrogens with zero attached hydrogens (tertiary/aromatic N) is 3. The third kappa shape index (κ3) is 3.82. The number of hydrogen-bond acceptors (Lipinski definition) is 5. The average Bonchev–Trinajstić information content (AvgIpc) is 3.45. The Labute approximate surface area is 165 Å². The maximum Gasteiger partial charge on any atom is 0.344 e. The number of halogens is 1. The molecule has 0 radical (unpaired) electrons. The van der Waals surface area contributed by atoms with Gasteiger partial charge in [-0.3, -0.25) is 19.1 Å². The predicted octanol–water partition coefficient (Wildman–Crippen LogP) is 2.87. The summed E-state index contributed by atoms with van der Waals surface area (Å²) in [6.45, 7) is 0.396. The molecule has 1 aliphatic carbocycles. The van der Waals surface area contributed by atoms with Crippen molar-refractivity contribution in [3.8, 4) is 0 Å². The first kappa shape index (κ1) is 18.3. The van der Waals surface area contributed by atoms with E-state index in [2.05, 4.69) is 10.2 Å². The Balaban J connectivity index is 1.55. The van der Waals surface area contributed by atoms with Crippen molar-refractivity contribution in [3.63, 3.8) is 0 Å². The third-order valence-corrected chi connectivity index (χ3v) is 6.28. The van der Waals surface area contributed by atoms with Crippen molar-refractivity contribution in [2.75, 3.05) is 6.54 Å². The summed E-state index contributed by atoms with van der Waals surface area (Å²) in [4.78, 5) is 39.2. The molecule has 7 nitrogen and oxygen atoms in total. The fourth-order valence-electron chi connectivity index (χ4n) is 3.22. The minimum Gasteiger partial charge on any atom is -0.278 e. The number of rotatable bonds is 4. The highest BCUT2D eigenvalue weighted by atomic mass is 35.5. The first-order chi connectivity index (χ1) is 13.0. The molecule has 9 heteroatoms. The van der Waals surface area contributed by atoms with Crippen LogP contribution in [0.25, 0.3) is 0 Å². The van der Waals surface area contributed by atoms with Crippen molar-refractivity contribution in [2.45, 2.75) is 48.6 Å². The van der Waals surface area contributed by atoms with Crippen molar-refractivity contribution in [1.82, 2.24) is 19.7 Å². The molecule has 2 aromatic rings. The molecule has 2 heterocycles. The SMILES string of the molecule is O=C(c1ccc(Cl)cc1)N1CCCCC(Sc2n[nH]c(=O)n2C2CC2)C1=O. The van der Waals surface area contributed by atoms with Gasteiger partial charge in [-0.05, 0) is 49.9 Å². The average molecular weight is 407 g/mol. The number of carbonyl (C=O) groups is 2. The van der Waals surface area contributed by atoms with Crippen molar-refractivity contribution >= 4 is 35.2 Å². The Morgan fingerprint density at radius 1 is 1.15 bits per heavy atom. The molecule has 1 saturated carbocycles. The largest absolute Gasteiger partial charge is 0.344 e. The Hall–Kier alpha value is -2.06. The van der Waals surface area contributed by atoms with E-state index < -0.39 is 5.25 Å². The maximum absolute atomic E-state index is 13.1. The summed E-state index contributed by atoms with van der Waals surface area (Å²) < 4.78 is 1.63. The lowest BCUT2D eigenvalue weighted by molar-refractivity contribution is -0.127. The molecule has 1 aromatic heterocycles. The first-order valence-corrected chi connectivity index (χ1v) is 10.2. The fraction of sp³-hybridized carbons (Fsp3) is 0.444. The number of hydrogen-bond donors (Lipinski definition) is 1. The second-order valence-electron chi connectivity index (χ2n) is 6.82. The van der Waals surface area contributed by atoms with Gasteiger partial charge >= 0.3 is 5.69 Å². The number of thioether (sulfide) groups is 1. The number of aromatic nitrogens is 3. The van der Waals surface area contributed by atoms with Crippen LogP contribution in [0.4, 0.5) is 0 Å². The molecular formula is C18H19ClN4O3S. The molecule has 1 N–H and O–H groups in total. The maximum atomic E-state index is 13.1. The van der Waals surface area contributed by atoms with Gasteiger partial charge < -0.3 is 0 Å². The second kappa shape index (κ2) is 7.52. The standard InChI is InChI=1S/C18H19ClN4O3S/c19-12-6-4-11(5-7-12)15(24)22-10-2-1-3-14(16(22)25)27-18-21-20-17(26)23(18)13-8-9-13/h4-7,13-14H,1-3,8-10H2,(H,20,26). The highest BCUT2D eigenvalue weighted by molar-refractivity contribution is 8.00. The third-order valence-electron chi connectivity index (χ3n) is 4.81. The van der Waals surface area contributed by atoms with Crippen LogP contribution in [-0.4, -0.2) is 43.3 Å². The number of carbonyl (C=O) groups excluding carboxylic acids is 2. The lowest BCUT2D eigenvalue weighted by Gasteiger charge is -2.22. The van der Waals surface area contributed by atoms with Gasteiger partial charge in [0.1, 0.15) is 0 Å². The number of likely N-dealkylation sites (tertiary alicyclic amines) is 1. The van der Waals surface area contributed by atoms with Gasteiger partial charge in [0.2, 0.25) is 5.91 Å². The Bertz CT molecular complexity index is 919. The molecule has 1 atom stereocenters. The van der Waals surface area contributed by atoms with Gasteiger partial charge in [0.25, 0.3) is 5.91 Å². The minimum atomic E-state index is -0.434. The molecule has 1 saturated heterocycles. The molecule has 4 rings (SSSR count). The second-order valence-corrected chi connectivity index (χ2v) is 8.42. The van der Waals surface area contributed by atoms with Gasteiger partial charge in [-0.15, -0.1) is 5.10 Å². The number of aromatic amines is 1. The van der Waals surface area contributed by atoms with E-state index in [1.807, 2.05) is 0 Å². The van der Waals surface area contributed by atoms with Crippen LogP contribution in [-0.2, 0) is 4.79 Å². The van der Waals surface area contributed by atoms with Crippen LogP contribution in [0.5, 0.6) is 0 Å². The summed E-state index contributed by atoms with van der Waals surface area (Å²) in [5, 5.41) is 7.20. The molecule has 1 unspecified atom stereocenters. The lowest BCUT2D eigenvalue weighted by atomic mass is 10.2. The molecule has 2 fully saturated rings. The van der Waals surface area contributed by atoms with E-state index in [9.17, 15) is 14.4 Å². The molecule has 2 amide bonds. The van der Waals surface area contributed by atoms with Gasteiger partial charge in [0.05, 0.1) is 5.25 Å². The minimum absolute atomic E-state index is 0.173.